The SMILES string of the molecule is COc1c(-c2ccnc(C#CCNC(=O)OC(C)(C)C)c2)cccc1-c1ccc(NC(C)=O)c(F)c1. The first kappa shape index (κ1) is 26.2. The third-order valence-corrected chi connectivity index (χ3v) is 4.82. The molecule has 36 heavy (non-hydrogen) atoms. The molecule has 0 fully saturated rings. The molecule has 0 aliphatic heterocycles. The minimum absolute atomic E-state index is 0.111. The Morgan fingerprint density at radius 1 is 1.06 bits per heavy atom. The fourth-order valence-electron chi connectivity index (χ4n) is 3.42. The van der Waals surface area contributed by atoms with Crippen LogP contribution in [-0.4, -0.2) is 36.2 Å². The highest BCUT2D eigenvalue weighted by Crippen LogP contribution is 2.39. The van der Waals surface area contributed by atoms with E-state index in [1.54, 1.807) is 40.1 Å². The largest absolute Gasteiger partial charge is 0.495 e. The predicted octanol–water partition coefficient (Wildman–Crippen LogP) is 5.40. The molecule has 2 amide bonds. The van der Waals surface area contributed by atoms with Gasteiger partial charge in [0.05, 0.1) is 19.3 Å². The van der Waals surface area contributed by atoms with Gasteiger partial charge >= 0.3 is 6.09 Å². The lowest BCUT2D eigenvalue weighted by Gasteiger charge is -2.19. The molecule has 186 valence electrons. The van der Waals surface area contributed by atoms with Gasteiger partial charge in [-0.2, -0.15) is 0 Å². The molecule has 8 heteroatoms. The van der Waals surface area contributed by atoms with Crippen molar-refractivity contribution in [3.8, 4) is 39.8 Å². The second kappa shape index (κ2) is 11.4. The van der Waals surface area contributed by atoms with Crippen LogP contribution in [0.4, 0.5) is 14.9 Å². The minimum atomic E-state index is -0.583. The number of halogens is 1. The maximum atomic E-state index is 14.6. The number of methoxy groups -OCH3 is 1. The maximum absolute atomic E-state index is 14.6. The van der Waals surface area contributed by atoms with E-state index in [0.717, 1.165) is 11.1 Å². The number of para-hydroxylation sites is 1. The van der Waals surface area contributed by atoms with Crippen molar-refractivity contribution >= 4 is 17.7 Å². The van der Waals surface area contributed by atoms with E-state index < -0.39 is 17.5 Å². The Balaban J connectivity index is 1.85. The van der Waals surface area contributed by atoms with Gasteiger partial charge in [-0.05, 0) is 62.1 Å². The number of nitrogens with zero attached hydrogens (tertiary/aromatic N) is 1. The van der Waals surface area contributed by atoms with Crippen molar-refractivity contribution in [2.45, 2.75) is 33.3 Å². The highest BCUT2D eigenvalue weighted by Gasteiger charge is 2.16. The third-order valence-electron chi connectivity index (χ3n) is 4.82. The summed E-state index contributed by atoms with van der Waals surface area (Å²) in [5, 5.41) is 5.05. The summed E-state index contributed by atoms with van der Waals surface area (Å²) >= 11 is 0. The molecule has 0 spiro atoms. The summed E-state index contributed by atoms with van der Waals surface area (Å²) in [4.78, 5) is 27.3. The van der Waals surface area contributed by atoms with Gasteiger partial charge < -0.3 is 20.1 Å². The van der Waals surface area contributed by atoms with Gasteiger partial charge in [-0.15, -0.1) is 0 Å². The summed E-state index contributed by atoms with van der Waals surface area (Å²) in [5.74, 6) is 5.45. The quantitative estimate of drug-likeness (QED) is 0.469. The first-order chi connectivity index (χ1) is 17.1. The van der Waals surface area contributed by atoms with Crippen molar-refractivity contribution in [1.82, 2.24) is 10.3 Å². The molecule has 0 radical (unpaired) electrons. The minimum Gasteiger partial charge on any atom is -0.495 e. The van der Waals surface area contributed by atoms with Crippen molar-refractivity contribution in [2.75, 3.05) is 19.0 Å². The normalized spacial score (nSPS) is 10.6. The summed E-state index contributed by atoms with van der Waals surface area (Å²) in [5.41, 5.74) is 2.91. The molecule has 0 bridgehead atoms. The van der Waals surface area contributed by atoms with E-state index in [2.05, 4.69) is 27.5 Å². The Morgan fingerprint density at radius 2 is 1.75 bits per heavy atom. The van der Waals surface area contributed by atoms with Gasteiger partial charge in [0.15, 0.2) is 0 Å². The Hall–Kier alpha value is -4.38. The summed E-state index contributed by atoms with van der Waals surface area (Å²) in [6.45, 7) is 6.79. The number of pyridine rings is 1. The van der Waals surface area contributed by atoms with Crippen molar-refractivity contribution in [2.24, 2.45) is 0 Å². The molecular formula is C28H28FN3O4. The van der Waals surface area contributed by atoms with Crippen LogP contribution in [0.5, 0.6) is 5.75 Å². The van der Waals surface area contributed by atoms with E-state index in [4.69, 9.17) is 9.47 Å². The summed E-state index contributed by atoms with van der Waals surface area (Å²) in [6, 6.07) is 13.8. The smallest absolute Gasteiger partial charge is 0.408 e. The predicted molar refractivity (Wildman–Crippen MR) is 137 cm³/mol. The molecule has 1 aromatic heterocycles. The topological polar surface area (TPSA) is 89.6 Å². The van der Waals surface area contributed by atoms with Gasteiger partial charge in [0.25, 0.3) is 0 Å². The van der Waals surface area contributed by atoms with E-state index >= 15 is 0 Å². The number of nitrogens with one attached hydrogen (secondary N) is 2. The van der Waals surface area contributed by atoms with E-state index in [1.807, 2.05) is 30.3 Å². The van der Waals surface area contributed by atoms with Crippen molar-refractivity contribution in [3.05, 3.63) is 66.2 Å². The summed E-state index contributed by atoms with van der Waals surface area (Å²) in [7, 11) is 1.55. The van der Waals surface area contributed by atoms with Gasteiger partial charge in [0.2, 0.25) is 5.91 Å². The molecule has 3 aromatic rings. The number of rotatable bonds is 5. The molecule has 0 saturated heterocycles. The zero-order valence-corrected chi connectivity index (χ0v) is 20.9. The van der Waals surface area contributed by atoms with E-state index in [1.165, 1.54) is 19.1 Å². The van der Waals surface area contributed by atoms with E-state index in [0.29, 0.717) is 22.6 Å². The lowest BCUT2D eigenvalue weighted by Crippen LogP contribution is -2.32. The average Bonchev–Trinajstić information content (AvgIpc) is 2.81. The lowest BCUT2D eigenvalue weighted by molar-refractivity contribution is -0.114. The van der Waals surface area contributed by atoms with Crippen LogP contribution in [0.2, 0.25) is 0 Å². The van der Waals surface area contributed by atoms with Crippen LogP contribution in [-0.2, 0) is 9.53 Å². The number of hydrogen-bond donors (Lipinski definition) is 2. The highest BCUT2D eigenvalue weighted by atomic mass is 19.1. The number of aromatic nitrogens is 1. The van der Waals surface area contributed by atoms with Gasteiger partial charge in [-0.1, -0.05) is 30.2 Å². The Bertz CT molecular complexity index is 1340. The Kier molecular flexibility index (Phi) is 8.28. The van der Waals surface area contributed by atoms with Crippen LogP contribution in [0.25, 0.3) is 22.3 Å². The molecule has 2 aromatic carbocycles. The number of hydrogen-bond acceptors (Lipinski definition) is 5. The molecule has 3 rings (SSSR count). The van der Waals surface area contributed by atoms with Gasteiger partial charge in [-0.3, -0.25) is 4.79 Å². The molecule has 1 heterocycles. The molecule has 7 nitrogen and oxygen atoms in total. The fraction of sp³-hybridized carbons (Fsp3) is 0.250. The Labute approximate surface area is 210 Å². The summed E-state index contributed by atoms with van der Waals surface area (Å²) in [6.07, 6.45) is 1.09. The maximum Gasteiger partial charge on any atom is 0.408 e. The zero-order valence-electron chi connectivity index (χ0n) is 20.9. The standard InChI is InChI=1S/C28H28FN3O4/c1-18(33)32-25-12-11-19(17-24(25)29)22-9-6-10-23(26(22)35-5)20-13-15-30-21(16-20)8-7-14-31-27(34)36-28(2,3)4/h6,9-13,15-17H,14H2,1-5H3,(H,31,34)(H,32,33). The number of ether oxygens (including phenoxy) is 2. The molecular weight excluding hydrogens is 461 g/mol. The van der Waals surface area contributed by atoms with Crippen LogP contribution < -0.4 is 15.4 Å². The zero-order chi connectivity index (χ0) is 26.3. The molecule has 0 aliphatic carbocycles. The fourth-order valence-corrected chi connectivity index (χ4v) is 3.42. The van der Waals surface area contributed by atoms with Crippen molar-refractivity contribution in [1.29, 1.82) is 0 Å². The van der Waals surface area contributed by atoms with Crippen molar-refractivity contribution < 1.29 is 23.5 Å². The lowest BCUT2D eigenvalue weighted by atomic mass is 9.97. The highest BCUT2D eigenvalue weighted by molar-refractivity contribution is 5.89. The molecule has 0 atom stereocenters. The van der Waals surface area contributed by atoms with Gasteiger partial charge in [0, 0.05) is 24.2 Å². The van der Waals surface area contributed by atoms with Crippen LogP contribution >= 0.6 is 0 Å². The number of carbonyl (C=O) groups is 2. The van der Waals surface area contributed by atoms with Crippen LogP contribution in [0.15, 0.2) is 54.7 Å². The summed E-state index contributed by atoms with van der Waals surface area (Å²) < 4.78 is 25.5. The number of carbonyl (C=O) groups excluding carboxylic acids is 2. The van der Waals surface area contributed by atoms with Gasteiger partial charge in [0.1, 0.15) is 22.9 Å². The average molecular weight is 490 g/mol. The molecule has 0 aliphatic rings. The monoisotopic (exact) mass is 489 g/mol. The first-order valence-electron chi connectivity index (χ1n) is 11.2. The number of alkyl carbamates (subject to hydrolysis) is 1. The van der Waals surface area contributed by atoms with Crippen LogP contribution in [0.1, 0.15) is 33.4 Å². The van der Waals surface area contributed by atoms with Crippen molar-refractivity contribution in [3.63, 3.8) is 0 Å². The number of amides is 2. The van der Waals surface area contributed by atoms with Crippen LogP contribution in [0.3, 0.4) is 0 Å². The molecule has 2 N–H and O–H groups in total. The second-order valence-corrected chi connectivity index (χ2v) is 8.85. The van der Waals surface area contributed by atoms with Gasteiger partial charge in [-0.25, -0.2) is 14.2 Å². The van der Waals surface area contributed by atoms with Crippen LogP contribution in [0, 0.1) is 17.7 Å². The number of anilines is 1. The second-order valence-electron chi connectivity index (χ2n) is 8.85. The van der Waals surface area contributed by atoms with E-state index in [9.17, 15) is 14.0 Å². The molecule has 0 unspecified atom stereocenters. The first-order valence-corrected chi connectivity index (χ1v) is 11.2. The molecule has 0 saturated carbocycles. The third kappa shape index (κ3) is 7.06. The Morgan fingerprint density at radius 3 is 2.36 bits per heavy atom. The van der Waals surface area contributed by atoms with E-state index in [-0.39, 0.29) is 18.1 Å². The number of benzene rings is 2.